The van der Waals surface area contributed by atoms with E-state index >= 15 is 0 Å². The quantitative estimate of drug-likeness (QED) is 0.614. The van der Waals surface area contributed by atoms with Crippen LogP contribution in [0.5, 0.6) is 0 Å². The molecule has 0 aromatic rings. The van der Waals surface area contributed by atoms with Crippen LogP contribution < -0.4 is 0 Å². The van der Waals surface area contributed by atoms with Gasteiger partial charge in [0.25, 0.3) is 0 Å². The Hall–Kier alpha value is 0.0249. The van der Waals surface area contributed by atoms with E-state index in [2.05, 4.69) is 27.7 Å². The molecule has 1 aliphatic rings. The van der Waals surface area contributed by atoms with Crippen LogP contribution in [0.25, 0.3) is 0 Å². The first kappa shape index (κ1) is 12.1. The molecule has 1 fully saturated rings. The van der Waals surface area contributed by atoms with Gasteiger partial charge in [-0.15, -0.1) is 0 Å². The minimum Gasteiger partial charge on any atom is -0.383 e. The van der Waals surface area contributed by atoms with Crippen molar-refractivity contribution in [1.29, 1.82) is 0 Å². The summed E-state index contributed by atoms with van der Waals surface area (Å²) in [4.78, 5) is 0. The molecule has 0 aromatic carbocycles. The van der Waals surface area contributed by atoms with Gasteiger partial charge in [-0.3, -0.25) is 0 Å². The van der Waals surface area contributed by atoms with Gasteiger partial charge in [0.2, 0.25) is 0 Å². The Labute approximate surface area is 89.8 Å². The van der Waals surface area contributed by atoms with E-state index in [0.29, 0.717) is 12.1 Å². The van der Waals surface area contributed by atoms with E-state index in [1.54, 1.807) is 0 Å². The van der Waals surface area contributed by atoms with Crippen molar-refractivity contribution in [3.63, 3.8) is 0 Å². The second kappa shape index (κ2) is 5.80. The maximum atomic E-state index is 6.00. The normalized spacial score (nSPS) is 32.5. The monoisotopic (exact) mass is 196 g/mol. The zero-order chi connectivity index (χ0) is 10.6. The van der Waals surface area contributed by atoms with Crippen LogP contribution >= 0.6 is 0 Å². The first-order chi connectivity index (χ1) is 6.63. The van der Waals surface area contributed by atoms with Crippen LogP contribution in [0.1, 0.15) is 47.0 Å². The first-order valence-corrected chi connectivity index (χ1v) is 6.29. The summed E-state index contributed by atoms with van der Waals surface area (Å²) in [5.41, 5.74) is 0. The number of hydrogen-bond acceptors (Lipinski definition) is 1. The van der Waals surface area contributed by atoms with Crippen LogP contribution in [-0.2, 0) is 4.74 Å². The van der Waals surface area contributed by atoms with Crippen molar-refractivity contribution < 1.29 is 4.74 Å². The van der Waals surface area contributed by atoms with Crippen molar-refractivity contribution in [2.75, 3.05) is 0 Å². The Morgan fingerprint density at radius 1 is 1.43 bits per heavy atom. The maximum Gasteiger partial charge on any atom is 0.157 e. The summed E-state index contributed by atoms with van der Waals surface area (Å²) < 4.78 is 6.00. The Morgan fingerprint density at radius 2 is 2.14 bits per heavy atom. The van der Waals surface area contributed by atoms with Crippen LogP contribution in [0.3, 0.4) is 0 Å². The minimum absolute atomic E-state index is 0.541. The summed E-state index contributed by atoms with van der Waals surface area (Å²) in [5, 5.41) is 0. The lowest BCUT2D eigenvalue weighted by Gasteiger charge is -2.12. The largest absolute Gasteiger partial charge is 0.383 e. The summed E-state index contributed by atoms with van der Waals surface area (Å²) in [6.45, 7) is 9.16. The van der Waals surface area contributed by atoms with Gasteiger partial charge in [-0.1, -0.05) is 40.4 Å². The highest BCUT2D eigenvalue weighted by molar-refractivity contribution is 6.37. The predicted octanol–water partition coefficient (Wildman–Crippen LogP) is 3.05. The molecule has 1 rings (SSSR count). The van der Waals surface area contributed by atoms with Crippen LogP contribution in [0.15, 0.2) is 0 Å². The number of ether oxygens (including phenoxy) is 1. The van der Waals surface area contributed by atoms with Gasteiger partial charge >= 0.3 is 0 Å². The fourth-order valence-electron chi connectivity index (χ4n) is 2.44. The molecule has 0 aromatic heterocycles. The van der Waals surface area contributed by atoms with E-state index in [1.165, 1.54) is 32.9 Å². The van der Waals surface area contributed by atoms with Gasteiger partial charge in [0.1, 0.15) is 0 Å². The van der Waals surface area contributed by atoms with Crippen LogP contribution in [0.4, 0.5) is 0 Å². The average molecular weight is 196 g/mol. The molecule has 3 atom stereocenters. The van der Waals surface area contributed by atoms with E-state index in [0.717, 1.165) is 11.8 Å². The Bertz CT molecular complexity index is 158. The molecule has 1 saturated heterocycles. The van der Waals surface area contributed by atoms with Gasteiger partial charge in [-0.2, -0.15) is 0 Å². The molecule has 0 radical (unpaired) electrons. The highest BCUT2D eigenvalue weighted by atomic mass is 16.5. The summed E-state index contributed by atoms with van der Waals surface area (Å²) in [6.07, 6.45) is 5.70. The number of rotatable bonds is 5. The second-order valence-corrected chi connectivity index (χ2v) is 5.24. The molecule has 14 heavy (non-hydrogen) atoms. The van der Waals surface area contributed by atoms with Crippen molar-refractivity contribution in [1.82, 2.24) is 0 Å². The van der Waals surface area contributed by atoms with Crippen molar-refractivity contribution in [2.24, 2.45) is 11.8 Å². The van der Waals surface area contributed by atoms with Crippen LogP contribution in [0, 0.1) is 11.8 Å². The molecular formula is C12H25BO. The van der Waals surface area contributed by atoms with Gasteiger partial charge in [0.15, 0.2) is 7.28 Å². The number of hydrogen-bond donors (Lipinski definition) is 0. The average Bonchev–Trinajstić information content (AvgIpc) is 2.45. The zero-order valence-corrected chi connectivity index (χ0v) is 10.3. The van der Waals surface area contributed by atoms with Gasteiger partial charge in [0, 0.05) is 6.00 Å². The first-order valence-electron chi connectivity index (χ1n) is 6.29. The molecule has 1 aliphatic heterocycles. The summed E-state index contributed by atoms with van der Waals surface area (Å²) in [6, 6.07) is 0.564. The molecule has 82 valence electrons. The van der Waals surface area contributed by atoms with E-state index in [1.807, 2.05) is 0 Å². The summed E-state index contributed by atoms with van der Waals surface area (Å²) >= 11 is 0. The van der Waals surface area contributed by atoms with E-state index in [9.17, 15) is 0 Å². The molecule has 1 heterocycles. The van der Waals surface area contributed by atoms with Crippen LogP contribution in [-0.4, -0.2) is 19.4 Å². The molecule has 0 spiro atoms. The minimum atomic E-state index is 0.541. The Kier molecular flexibility index (Phi) is 5.01. The van der Waals surface area contributed by atoms with Crippen molar-refractivity contribution in [3.8, 4) is 0 Å². The smallest absolute Gasteiger partial charge is 0.157 e. The lowest BCUT2D eigenvalue weighted by atomic mass is 9.65. The highest BCUT2D eigenvalue weighted by Gasteiger charge is 2.30. The third-order valence-corrected chi connectivity index (χ3v) is 3.35. The third-order valence-electron chi connectivity index (χ3n) is 3.35. The fourth-order valence-corrected chi connectivity index (χ4v) is 2.44. The van der Waals surface area contributed by atoms with Crippen molar-refractivity contribution in [3.05, 3.63) is 0 Å². The van der Waals surface area contributed by atoms with Gasteiger partial charge in [-0.25, -0.2) is 0 Å². The van der Waals surface area contributed by atoms with Crippen molar-refractivity contribution >= 4 is 7.28 Å². The Morgan fingerprint density at radius 3 is 2.64 bits per heavy atom. The molecule has 0 N–H and O–H groups in total. The van der Waals surface area contributed by atoms with Gasteiger partial charge in [0.05, 0.1) is 6.10 Å². The summed E-state index contributed by atoms with van der Waals surface area (Å²) in [5.74, 6) is 1.62. The standard InChI is InChI=1S/C12H25BO/c1-5-11-10(4)8-12(14-11)13-7-6-9(2)3/h9-13H,5-8H2,1-4H3. The van der Waals surface area contributed by atoms with Crippen LogP contribution in [0.2, 0.25) is 6.32 Å². The topological polar surface area (TPSA) is 9.23 Å². The molecular weight excluding hydrogens is 171 g/mol. The SMILES string of the molecule is CCC1OC(BCCC(C)C)CC1C. The van der Waals surface area contributed by atoms with E-state index < -0.39 is 0 Å². The molecule has 1 nitrogen and oxygen atoms in total. The predicted molar refractivity (Wildman–Crippen MR) is 64.1 cm³/mol. The maximum absolute atomic E-state index is 6.00. The molecule has 3 unspecified atom stereocenters. The molecule has 2 heteroatoms. The van der Waals surface area contributed by atoms with E-state index in [4.69, 9.17) is 4.74 Å². The lowest BCUT2D eigenvalue weighted by Crippen LogP contribution is -2.17. The van der Waals surface area contributed by atoms with Gasteiger partial charge in [-0.05, 0) is 24.7 Å². The van der Waals surface area contributed by atoms with Crippen molar-refractivity contribution in [2.45, 2.75) is 65.4 Å². The second-order valence-electron chi connectivity index (χ2n) is 5.24. The van der Waals surface area contributed by atoms with E-state index in [-0.39, 0.29) is 0 Å². The molecule has 0 saturated carbocycles. The highest BCUT2D eigenvalue weighted by Crippen LogP contribution is 2.28. The lowest BCUT2D eigenvalue weighted by molar-refractivity contribution is 0.0700. The zero-order valence-electron chi connectivity index (χ0n) is 10.3. The third kappa shape index (κ3) is 3.64. The van der Waals surface area contributed by atoms with Gasteiger partial charge < -0.3 is 4.74 Å². The fraction of sp³-hybridized carbons (Fsp3) is 1.00. The Balaban J connectivity index is 2.15. The molecule has 0 bridgehead atoms. The summed E-state index contributed by atoms with van der Waals surface area (Å²) in [7, 11) is 1.28. The molecule has 0 aliphatic carbocycles. The molecule has 0 amide bonds.